The van der Waals surface area contributed by atoms with Gasteiger partial charge < -0.3 is 0 Å². The van der Waals surface area contributed by atoms with Crippen LogP contribution in [0.2, 0.25) is 0 Å². The maximum Gasteiger partial charge on any atom is 0.263 e. The standard InChI is InChI=1S/C18H15FN4O2/c1-11-2-4-12(5-3-11)10-22-16-15(20-21-22)17(24)23(18(16)25)14-8-6-13(19)7-9-14/h2-9,15-16H,10H2,1H3/t15-,16-/m0/s1. The van der Waals surface area contributed by atoms with E-state index >= 15 is 0 Å². The van der Waals surface area contributed by atoms with Crippen LogP contribution in [0.4, 0.5) is 10.1 Å². The highest BCUT2D eigenvalue weighted by molar-refractivity contribution is 6.25. The van der Waals surface area contributed by atoms with Gasteiger partial charge in [-0.15, -0.1) is 0 Å². The van der Waals surface area contributed by atoms with Crippen LogP contribution in [-0.4, -0.2) is 28.9 Å². The molecule has 2 aromatic carbocycles. The average Bonchev–Trinajstić information content (AvgIpc) is 3.12. The van der Waals surface area contributed by atoms with Gasteiger partial charge in [-0.25, -0.2) is 9.29 Å². The first-order valence-corrected chi connectivity index (χ1v) is 7.91. The van der Waals surface area contributed by atoms with E-state index in [0.29, 0.717) is 12.2 Å². The van der Waals surface area contributed by atoms with Gasteiger partial charge in [-0.2, -0.15) is 5.11 Å². The predicted molar refractivity (Wildman–Crippen MR) is 88.0 cm³/mol. The largest absolute Gasteiger partial charge is 0.271 e. The second kappa shape index (κ2) is 5.77. The number of imide groups is 1. The summed E-state index contributed by atoms with van der Waals surface area (Å²) in [5.74, 6) is -1.25. The number of nitrogens with zero attached hydrogens (tertiary/aromatic N) is 4. The van der Waals surface area contributed by atoms with Crippen molar-refractivity contribution in [3.63, 3.8) is 0 Å². The Balaban J connectivity index is 1.59. The molecule has 4 rings (SSSR count). The molecule has 2 aliphatic heterocycles. The van der Waals surface area contributed by atoms with Gasteiger partial charge in [-0.05, 0) is 36.8 Å². The van der Waals surface area contributed by atoms with Gasteiger partial charge >= 0.3 is 0 Å². The van der Waals surface area contributed by atoms with Gasteiger partial charge in [0.2, 0.25) is 0 Å². The Morgan fingerprint density at radius 3 is 2.36 bits per heavy atom. The van der Waals surface area contributed by atoms with Crippen molar-refractivity contribution in [3.05, 3.63) is 65.5 Å². The summed E-state index contributed by atoms with van der Waals surface area (Å²) < 4.78 is 13.1. The Kier molecular flexibility index (Phi) is 3.56. The molecule has 25 heavy (non-hydrogen) atoms. The van der Waals surface area contributed by atoms with Gasteiger partial charge in [0, 0.05) is 0 Å². The van der Waals surface area contributed by atoms with Crippen LogP contribution < -0.4 is 4.90 Å². The fraction of sp³-hybridized carbons (Fsp3) is 0.222. The second-order valence-corrected chi connectivity index (χ2v) is 6.17. The molecule has 2 atom stereocenters. The highest BCUT2D eigenvalue weighted by atomic mass is 19.1. The SMILES string of the molecule is Cc1ccc(CN2N=N[C@@H]3C(=O)N(c4ccc(F)cc4)C(=O)[C@H]32)cc1. The van der Waals surface area contributed by atoms with E-state index in [1.54, 1.807) is 5.01 Å². The lowest BCUT2D eigenvalue weighted by Crippen LogP contribution is -2.39. The molecule has 0 aliphatic carbocycles. The molecule has 7 heteroatoms. The van der Waals surface area contributed by atoms with Gasteiger partial charge in [0.05, 0.1) is 12.2 Å². The normalized spacial score (nSPS) is 22.0. The van der Waals surface area contributed by atoms with Gasteiger partial charge in [0.15, 0.2) is 12.1 Å². The lowest BCUT2D eigenvalue weighted by Gasteiger charge is -2.20. The van der Waals surface area contributed by atoms with E-state index in [2.05, 4.69) is 10.3 Å². The Labute approximate surface area is 143 Å². The first kappa shape index (κ1) is 15.4. The van der Waals surface area contributed by atoms with Crippen molar-refractivity contribution in [1.29, 1.82) is 0 Å². The molecule has 2 amide bonds. The van der Waals surface area contributed by atoms with E-state index < -0.39 is 29.7 Å². The van der Waals surface area contributed by atoms with Crippen LogP contribution in [0.25, 0.3) is 0 Å². The number of anilines is 1. The van der Waals surface area contributed by atoms with Gasteiger partial charge in [0.1, 0.15) is 5.82 Å². The summed E-state index contributed by atoms with van der Waals surface area (Å²) in [5, 5.41) is 9.53. The topological polar surface area (TPSA) is 65.3 Å². The Morgan fingerprint density at radius 1 is 1.00 bits per heavy atom. The lowest BCUT2D eigenvalue weighted by molar-refractivity contribution is -0.123. The summed E-state index contributed by atoms with van der Waals surface area (Å²) in [6.45, 7) is 2.39. The summed E-state index contributed by atoms with van der Waals surface area (Å²) in [6, 6.07) is 11.5. The van der Waals surface area contributed by atoms with Crippen molar-refractivity contribution in [3.8, 4) is 0 Å². The summed E-state index contributed by atoms with van der Waals surface area (Å²) in [4.78, 5) is 26.4. The van der Waals surface area contributed by atoms with E-state index in [1.165, 1.54) is 24.3 Å². The number of halogens is 1. The second-order valence-electron chi connectivity index (χ2n) is 6.17. The Morgan fingerprint density at radius 2 is 1.68 bits per heavy atom. The van der Waals surface area contributed by atoms with E-state index in [4.69, 9.17) is 0 Å². The molecular formula is C18H15FN4O2. The van der Waals surface area contributed by atoms with Gasteiger partial charge in [-0.1, -0.05) is 35.1 Å². The van der Waals surface area contributed by atoms with E-state index in [-0.39, 0.29) is 0 Å². The van der Waals surface area contributed by atoms with Crippen LogP contribution in [0.3, 0.4) is 0 Å². The molecule has 126 valence electrons. The molecule has 2 heterocycles. The number of fused-ring (bicyclic) bond motifs is 1. The van der Waals surface area contributed by atoms with E-state index in [9.17, 15) is 14.0 Å². The predicted octanol–water partition coefficient (Wildman–Crippen LogP) is 2.63. The minimum absolute atomic E-state index is 0.344. The van der Waals surface area contributed by atoms with Crippen LogP contribution in [-0.2, 0) is 16.1 Å². The van der Waals surface area contributed by atoms with E-state index in [1.807, 2.05) is 31.2 Å². The van der Waals surface area contributed by atoms with Crippen molar-refractivity contribution in [2.45, 2.75) is 25.6 Å². The smallest absolute Gasteiger partial charge is 0.263 e. The fourth-order valence-corrected chi connectivity index (χ4v) is 3.08. The molecule has 0 radical (unpaired) electrons. The highest BCUT2D eigenvalue weighted by Crippen LogP contribution is 2.32. The summed E-state index contributed by atoms with van der Waals surface area (Å²) in [5.41, 5.74) is 2.46. The first-order valence-electron chi connectivity index (χ1n) is 7.91. The molecule has 0 unspecified atom stereocenters. The third-order valence-electron chi connectivity index (χ3n) is 4.41. The molecule has 6 nitrogen and oxygen atoms in total. The van der Waals surface area contributed by atoms with Crippen molar-refractivity contribution in [1.82, 2.24) is 5.01 Å². The summed E-state index contributed by atoms with van der Waals surface area (Å²) in [6.07, 6.45) is 0. The zero-order valence-electron chi connectivity index (χ0n) is 13.5. The Bertz CT molecular complexity index is 864. The van der Waals surface area contributed by atoms with Crippen LogP contribution >= 0.6 is 0 Å². The van der Waals surface area contributed by atoms with Gasteiger partial charge in [-0.3, -0.25) is 14.6 Å². The number of carbonyl (C=O) groups excluding carboxylic acids is 2. The van der Waals surface area contributed by atoms with Crippen LogP contribution in [0.1, 0.15) is 11.1 Å². The molecule has 0 spiro atoms. The van der Waals surface area contributed by atoms with Gasteiger partial charge in [0.25, 0.3) is 11.8 Å². The number of aryl methyl sites for hydroxylation is 1. The molecule has 0 saturated carbocycles. The molecule has 0 aromatic heterocycles. The third-order valence-corrected chi connectivity index (χ3v) is 4.41. The van der Waals surface area contributed by atoms with Crippen molar-refractivity contribution in [2.24, 2.45) is 10.3 Å². The average molecular weight is 338 g/mol. The van der Waals surface area contributed by atoms with Crippen molar-refractivity contribution in [2.75, 3.05) is 4.90 Å². The number of amides is 2. The monoisotopic (exact) mass is 338 g/mol. The van der Waals surface area contributed by atoms with Crippen LogP contribution in [0.15, 0.2) is 58.9 Å². The minimum atomic E-state index is -0.844. The van der Waals surface area contributed by atoms with Crippen LogP contribution in [0, 0.1) is 12.7 Å². The summed E-state index contributed by atoms with van der Waals surface area (Å²) >= 11 is 0. The minimum Gasteiger partial charge on any atom is -0.271 e. The molecule has 2 aliphatic rings. The van der Waals surface area contributed by atoms with Crippen LogP contribution in [0.5, 0.6) is 0 Å². The van der Waals surface area contributed by atoms with Crippen molar-refractivity contribution < 1.29 is 14.0 Å². The zero-order valence-corrected chi connectivity index (χ0v) is 13.5. The maximum atomic E-state index is 13.1. The molecule has 0 bridgehead atoms. The number of hydrogen-bond donors (Lipinski definition) is 0. The fourth-order valence-electron chi connectivity index (χ4n) is 3.08. The quantitative estimate of drug-likeness (QED) is 0.808. The lowest BCUT2D eigenvalue weighted by atomic mass is 10.1. The number of rotatable bonds is 3. The first-order chi connectivity index (χ1) is 12.0. The number of carbonyl (C=O) groups is 2. The molecule has 0 N–H and O–H groups in total. The zero-order chi connectivity index (χ0) is 17.6. The number of benzene rings is 2. The molecule has 2 aromatic rings. The van der Waals surface area contributed by atoms with E-state index in [0.717, 1.165) is 16.0 Å². The summed E-state index contributed by atoms with van der Waals surface area (Å²) in [7, 11) is 0. The number of hydrogen-bond acceptors (Lipinski definition) is 5. The molecule has 1 saturated heterocycles. The molecular weight excluding hydrogens is 323 g/mol. The highest BCUT2D eigenvalue weighted by Gasteiger charge is 2.54. The third kappa shape index (κ3) is 2.57. The van der Waals surface area contributed by atoms with Crippen molar-refractivity contribution >= 4 is 17.5 Å². The molecule has 1 fully saturated rings. The maximum absolute atomic E-state index is 13.1. The Hall–Kier alpha value is -3.09.